The van der Waals surface area contributed by atoms with Gasteiger partial charge in [-0.05, 0) is 30.7 Å². The first-order valence-electron chi connectivity index (χ1n) is 5.11. The molecule has 0 atom stereocenters. The number of nitriles is 1. The highest BCUT2D eigenvalue weighted by Gasteiger charge is 2.05. The van der Waals surface area contributed by atoms with Crippen LogP contribution in [0.25, 0.3) is 0 Å². The first-order chi connectivity index (χ1) is 8.20. The topological polar surface area (TPSA) is 62.7 Å². The molecule has 1 heterocycles. The third kappa shape index (κ3) is 2.58. The summed E-state index contributed by atoms with van der Waals surface area (Å²) in [4.78, 5) is 5.34. The van der Waals surface area contributed by atoms with Crippen LogP contribution in [-0.4, -0.2) is 4.98 Å². The summed E-state index contributed by atoms with van der Waals surface area (Å²) in [5.74, 6) is 0. The average Bonchev–Trinajstić information content (AvgIpc) is 2.34. The van der Waals surface area contributed by atoms with Crippen molar-refractivity contribution in [2.24, 2.45) is 0 Å². The van der Waals surface area contributed by atoms with Crippen LogP contribution in [0, 0.1) is 18.3 Å². The van der Waals surface area contributed by atoms with E-state index in [1.165, 1.54) is 17.3 Å². The fourth-order valence-electron chi connectivity index (χ4n) is 1.38. The third-order valence-electron chi connectivity index (χ3n) is 2.31. The lowest BCUT2D eigenvalue weighted by Crippen LogP contribution is -1.94. The molecule has 2 rings (SSSR count). The predicted molar refractivity (Wildman–Crippen MR) is 68.7 cm³/mol. The highest BCUT2D eigenvalue weighted by Crippen LogP contribution is 2.29. The van der Waals surface area contributed by atoms with Crippen LogP contribution >= 0.6 is 11.8 Å². The molecule has 1 aromatic heterocycles. The number of nitrogen functional groups attached to an aromatic ring is 1. The van der Waals surface area contributed by atoms with Gasteiger partial charge in [-0.3, -0.25) is 0 Å². The van der Waals surface area contributed by atoms with Gasteiger partial charge in [0, 0.05) is 4.90 Å². The maximum atomic E-state index is 8.86. The number of hydrogen-bond donors (Lipinski definition) is 1. The zero-order valence-corrected chi connectivity index (χ0v) is 10.2. The van der Waals surface area contributed by atoms with Crippen LogP contribution in [0.4, 0.5) is 5.69 Å². The summed E-state index contributed by atoms with van der Waals surface area (Å²) in [6.07, 6.45) is 0. The number of rotatable bonds is 2. The average molecular weight is 241 g/mol. The Labute approximate surface area is 104 Å². The molecule has 84 valence electrons. The van der Waals surface area contributed by atoms with Gasteiger partial charge >= 0.3 is 0 Å². The Hall–Kier alpha value is -1.99. The normalized spacial score (nSPS) is 9.88. The standard InChI is InChI=1S/C13H11N3S/c1-9-4-2-3-5-12(9)17-13-7-6-10(15)11(8-14)16-13/h2-7H,15H2,1H3. The fraction of sp³-hybridized carbons (Fsp3) is 0.0769. The highest BCUT2D eigenvalue weighted by molar-refractivity contribution is 7.99. The molecule has 0 aliphatic heterocycles. The summed E-state index contributed by atoms with van der Waals surface area (Å²) in [6.45, 7) is 2.05. The summed E-state index contributed by atoms with van der Waals surface area (Å²) in [7, 11) is 0. The van der Waals surface area contributed by atoms with E-state index in [1.54, 1.807) is 6.07 Å². The van der Waals surface area contributed by atoms with Crippen molar-refractivity contribution in [1.82, 2.24) is 4.98 Å². The molecule has 0 bridgehead atoms. The molecule has 0 aliphatic carbocycles. The van der Waals surface area contributed by atoms with Gasteiger partial charge in [-0.25, -0.2) is 4.98 Å². The first-order valence-corrected chi connectivity index (χ1v) is 5.92. The fourth-order valence-corrected chi connectivity index (χ4v) is 2.26. The molecule has 2 N–H and O–H groups in total. The van der Waals surface area contributed by atoms with Crippen molar-refractivity contribution in [2.75, 3.05) is 5.73 Å². The van der Waals surface area contributed by atoms with Gasteiger partial charge in [0.2, 0.25) is 0 Å². The lowest BCUT2D eigenvalue weighted by Gasteiger charge is -2.05. The largest absolute Gasteiger partial charge is 0.396 e. The molecule has 0 saturated carbocycles. The smallest absolute Gasteiger partial charge is 0.164 e. The van der Waals surface area contributed by atoms with Crippen LogP contribution in [0.3, 0.4) is 0 Å². The summed E-state index contributed by atoms with van der Waals surface area (Å²) in [5.41, 5.74) is 7.52. The number of aryl methyl sites for hydroxylation is 1. The Morgan fingerprint density at radius 2 is 2.00 bits per heavy atom. The van der Waals surface area contributed by atoms with E-state index >= 15 is 0 Å². The second-order valence-electron chi connectivity index (χ2n) is 3.57. The van der Waals surface area contributed by atoms with E-state index in [-0.39, 0.29) is 5.69 Å². The van der Waals surface area contributed by atoms with E-state index in [2.05, 4.69) is 4.98 Å². The van der Waals surface area contributed by atoms with Crippen LogP contribution in [0.2, 0.25) is 0 Å². The maximum absolute atomic E-state index is 8.86. The maximum Gasteiger partial charge on any atom is 0.164 e. The molecule has 0 amide bonds. The number of benzene rings is 1. The third-order valence-corrected chi connectivity index (χ3v) is 3.43. The van der Waals surface area contributed by atoms with Crippen molar-refractivity contribution in [3.63, 3.8) is 0 Å². The Kier molecular flexibility index (Phi) is 3.31. The Morgan fingerprint density at radius 1 is 1.24 bits per heavy atom. The van der Waals surface area contributed by atoms with Gasteiger partial charge in [-0.1, -0.05) is 30.0 Å². The molecule has 0 saturated heterocycles. The minimum Gasteiger partial charge on any atom is -0.396 e. The second-order valence-corrected chi connectivity index (χ2v) is 4.63. The van der Waals surface area contributed by atoms with E-state index in [0.717, 1.165) is 9.92 Å². The first kappa shape index (κ1) is 11.5. The van der Waals surface area contributed by atoms with Crippen molar-refractivity contribution in [2.45, 2.75) is 16.8 Å². The Bertz CT molecular complexity index is 587. The molecular weight excluding hydrogens is 230 g/mol. The van der Waals surface area contributed by atoms with Crippen LogP contribution in [0.1, 0.15) is 11.3 Å². The molecule has 4 heteroatoms. The quantitative estimate of drug-likeness (QED) is 0.878. The molecule has 2 aromatic rings. The monoisotopic (exact) mass is 241 g/mol. The minimum absolute atomic E-state index is 0.281. The van der Waals surface area contributed by atoms with Gasteiger partial charge in [0.15, 0.2) is 5.69 Å². The van der Waals surface area contributed by atoms with E-state index < -0.39 is 0 Å². The SMILES string of the molecule is Cc1ccccc1Sc1ccc(N)c(C#N)n1. The number of anilines is 1. The number of nitrogens with two attached hydrogens (primary N) is 1. The Morgan fingerprint density at radius 3 is 2.71 bits per heavy atom. The van der Waals surface area contributed by atoms with Gasteiger partial charge in [-0.2, -0.15) is 5.26 Å². The van der Waals surface area contributed by atoms with Crippen LogP contribution in [0.5, 0.6) is 0 Å². The Balaban J connectivity index is 2.32. The molecular formula is C13H11N3S. The van der Waals surface area contributed by atoms with E-state index in [4.69, 9.17) is 11.0 Å². The second kappa shape index (κ2) is 4.89. The van der Waals surface area contributed by atoms with E-state index in [0.29, 0.717) is 5.69 Å². The van der Waals surface area contributed by atoms with Crippen molar-refractivity contribution >= 4 is 17.4 Å². The lowest BCUT2D eigenvalue weighted by molar-refractivity contribution is 1.10. The zero-order valence-electron chi connectivity index (χ0n) is 9.34. The molecule has 0 unspecified atom stereocenters. The summed E-state index contributed by atoms with van der Waals surface area (Å²) in [6, 6.07) is 13.6. The molecule has 17 heavy (non-hydrogen) atoms. The van der Waals surface area contributed by atoms with Crippen molar-refractivity contribution in [3.8, 4) is 6.07 Å². The van der Waals surface area contributed by atoms with Gasteiger partial charge in [0.05, 0.1) is 5.69 Å². The van der Waals surface area contributed by atoms with Gasteiger partial charge in [-0.15, -0.1) is 0 Å². The summed E-state index contributed by atoms with van der Waals surface area (Å²) < 4.78 is 0. The molecule has 0 aliphatic rings. The minimum atomic E-state index is 0.281. The highest BCUT2D eigenvalue weighted by atomic mass is 32.2. The molecule has 0 radical (unpaired) electrons. The number of aromatic nitrogens is 1. The number of pyridine rings is 1. The summed E-state index contributed by atoms with van der Waals surface area (Å²) in [5, 5.41) is 9.64. The van der Waals surface area contributed by atoms with Gasteiger partial charge in [0.1, 0.15) is 11.1 Å². The molecule has 3 nitrogen and oxygen atoms in total. The van der Waals surface area contributed by atoms with Gasteiger partial charge < -0.3 is 5.73 Å². The van der Waals surface area contributed by atoms with Crippen LogP contribution in [-0.2, 0) is 0 Å². The number of hydrogen-bond acceptors (Lipinski definition) is 4. The molecule has 0 spiro atoms. The summed E-state index contributed by atoms with van der Waals surface area (Å²) >= 11 is 1.53. The van der Waals surface area contributed by atoms with Crippen LogP contribution < -0.4 is 5.73 Å². The van der Waals surface area contributed by atoms with E-state index in [9.17, 15) is 0 Å². The van der Waals surface area contributed by atoms with E-state index in [1.807, 2.05) is 43.3 Å². The number of nitrogens with zero attached hydrogens (tertiary/aromatic N) is 2. The van der Waals surface area contributed by atoms with Gasteiger partial charge in [0.25, 0.3) is 0 Å². The molecule has 0 fully saturated rings. The molecule has 1 aromatic carbocycles. The van der Waals surface area contributed by atoms with Crippen molar-refractivity contribution < 1.29 is 0 Å². The lowest BCUT2D eigenvalue weighted by atomic mass is 10.2. The van der Waals surface area contributed by atoms with Crippen molar-refractivity contribution in [3.05, 3.63) is 47.7 Å². The zero-order chi connectivity index (χ0) is 12.3. The predicted octanol–water partition coefficient (Wildman–Crippen LogP) is 3.00. The van der Waals surface area contributed by atoms with Crippen molar-refractivity contribution in [1.29, 1.82) is 5.26 Å². The van der Waals surface area contributed by atoms with Crippen LogP contribution in [0.15, 0.2) is 46.3 Å².